The first kappa shape index (κ1) is 37.2. The van der Waals surface area contributed by atoms with Gasteiger partial charge in [0.25, 0.3) is 0 Å². The fourth-order valence-corrected chi connectivity index (χ4v) is 3.41. The quantitative estimate of drug-likeness (QED) is 0.0763. The van der Waals surface area contributed by atoms with Crippen molar-refractivity contribution in [3.05, 3.63) is 71.2 Å². The van der Waals surface area contributed by atoms with E-state index in [1.807, 2.05) is 39.8 Å². The van der Waals surface area contributed by atoms with E-state index in [2.05, 4.69) is 10.6 Å². The fourth-order valence-electron chi connectivity index (χ4n) is 3.32. The molecule has 0 radical (unpaired) electrons. The van der Waals surface area contributed by atoms with E-state index in [9.17, 15) is 19.2 Å². The number of carboxylic acid groups (broad SMARTS) is 1. The number of nitrogens with one attached hydrogen (secondary N) is 2. The average molecular weight is 594 g/mol. The number of allylic oxidation sites excluding steroid dienone is 7. The minimum atomic E-state index is -1.09. The van der Waals surface area contributed by atoms with E-state index < -0.39 is 41.4 Å². The molecule has 2 atom stereocenters. The number of carbonyl (C=O) groups excluding carboxylic acids is 3. The van der Waals surface area contributed by atoms with E-state index in [1.165, 1.54) is 19.4 Å². The van der Waals surface area contributed by atoms with E-state index >= 15 is 0 Å². The van der Waals surface area contributed by atoms with E-state index in [-0.39, 0.29) is 5.76 Å². The van der Waals surface area contributed by atoms with Crippen molar-refractivity contribution >= 4 is 35.5 Å². The molecule has 0 saturated carbocycles. The van der Waals surface area contributed by atoms with Gasteiger partial charge in [-0.25, -0.2) is 9.59 Å². The van der Waals surface area contributed by atoms with E-state index in [0.29, 0.717) is 24.3 Å². The summed E-state index contributed by atoms with van der Waals surface area (Å²) in [7, 11) is 1.33. The molecular weight excluding hydrogens is 550 g/mol. The number of nitrogens with two attached hydrogens (primary N) is 1. The molecule has 5 N–H and O–H groups in total. The zero-order chi connectivity index (χ0) is 31.4. The van der Waals surface area contributed by atoms with Crippen LogP contribution in [-0.4, -0.2) is 48.2 Å². The number of primary amides is 1. The molecule has 0 heterocycles. The third kappa shape index (κ3) is 19.0. The van der Waals surface area contributed by atoms with Gasteiger partial charge in [-0.3, -0.25) is 9.59 Å². The van der Waals surface area contributed by atoms with Gasteiger partial charge in [-0.1, -0.05) is 74.4 Å². The maximum absolute atomic E-state index is 12.8. The lowest BCUT2D eigenvalue weighted by atomic mass is 9.86. The van der Waals surface area contributed by atoms with Crippen LogP contribution >= 0.6 is 11.6 Å². The number of hydrogen-bond donors (Lipinski definition) is 4. The largest absolute Gasteiger partial charge is 0.490 e. The van der Waals surface area contributed by atoms with Gasteiger partial charge >= 0.3 is 12.1 Å². The number of aliphatic carboxylic acids is 1. The second-order valence-corrected chi connectivity index (χ2v) is 10.8. The summed E-state index contributed by atoms with van der Waals surface area (Å²) in [5.41, 5.74) is 5.53. The fraction of sp³-hybridized carbons (Fsp3) is 0.467. The summed E-state index contributed by atoms with van der Waals surface area (Å²) in [5, 5.41) is 14.9. The normalized spacial score (nSPS) is 14.8. The summed E-state index contributed by atoms with van der Waals surface area (Å²) in [5.74, 6) is -1.98. The molecule has 0 aliphatic carbocycles. The van der Waals surface area contributed by atoms with Gasteiger partial charge in [-0.15, -0.1) is 0 Å². The number of hydrogen-bond acceptors (Lipinski definition) is 6. The zero-order valence-electron chi connectivity index (χ0n) is 24.7. The molecule has 0 spiro atoms. The maximum atomic E-state index is 12.8. The average Bonchev–Trinajstić information content (AvgIpc) is 2.86. The van der Waals surface area contributed by atoms with Crippen LogP contribution in [0.1, 0.15) is 66.7 Å². The highest BCUT2D eigenvalue weighted by molar-refractivity contribution is 6.29. The highest BCUT2D eigenvalue weighted by Crippen LogP contribution is 2.19. The Bertz CT molecular complexity index is 1060. The van der Waals surface area contributed by atoms with Gasteiger partial charge < -0.3 is 30.9 Å². The Morgan fingerprint density at radius 2 is 1.63 bits per heavy atom. The molecule has 0 aliphatic rings. The molecule has 0 saturated heterocycles. The van der Waals surface area contributed by atoms with Crippen LogP contribution in [0, 0.1) is 5.41 Å². The summed E-state index contributed by atoms with van der Waals surface area (Å²) in [6, 6.07) is -0.816. The number of halogens is 1. The van der Waals surface area contributed by atoms with Crippen LogP contribution in [0.5, 0.6) is 0 Å². The van der Waals surface area contributed by atoms with Crippen LogP contribution in [0.3, 0.4) is 0 Å². The van der Waals surface area contributed by atoms with Crippen LogP contribution in [0.4, 0.5) is 4.79 Å². The minimum absolute atomic E-state index is 0.0660. The number of amides is 3. The van der Waals surface area contributed by atoms with Crippen LogP contribution in [0.2, 0.25) is 0 Å². The van der Waals surface area contributed by atoms with Crippen molar-refractivity contribution in [2.45, 2.75) is 78.9 Å². The number of carboxylic acids is 1. The first-order valence-corrected chi connectivity index (χ1v) is 13.6. The monoisotopic (exact) mass is 593 g/mol. The van der Waals surface area contributed by atoms with Gasteiger partial charge in [-0.2, -0.15) is 0 Å². The molecule has 2 unspecified atom stereocenters. The topological polar surface area (TPSA) is 157 Å². The zero-order valence-corrected chi connectivity index (χ0v) is 25.5. The van der Waals surface area contributed by atoms with Crippen LogP contribution in [0.25, 0.3) is 0 Å². The van der Waals surface area contributed by atoms with Gasteiger partial charge in [0.05, 0.1) is 7.11 Å². The number of unbranched alkanes of at least 4 members (excludes halogenated alkanes) is 2. The first-order valence-electron chi connectivity index (χ1n) is 13.2. The number of ether oxygens (including phenoxy) is 2. The van der Waals surface area contributed by atoms with Gasteiger partial charge in [-0.05, 0) is 50.8 Å². The lowest BCUT2D eigenvalue weighted by Gasteiger charge is -2.29. The Labute approximate surface area is 248 Å². The number of rotatable bonds is 17. The molecular formula is C30H44ClN3O7. The summed E-state index contributed by atoms with van der Waals surface area (Å²) in [6.07, 6.45) is 16.2. The Morgan fingerprint density at radius 3 is 2.20 bits per heavy atom. The molecule has 0 rings (SSSR count). The smallest absolute Gasteiger partial charge is 0.404 e. The molecule has 0 fully saturated rings. The van der Waals surface area contributed by atoms with Gasteiger partial charge in [0.1, 0.15) is 12.1 Å². The van der Waals surface area contributed by atoms with E-state index in [0.717, 1.165) is 18.4 Å². The van der Waals surface area contributed by atoms with Crippen molar-refractivity contribution in [3.8, 4) is 0 Å². The number of methoxy groups -OCH3 is 1. The standard InChI is InChI=1S/C30H44ClN3O7/c1-21(13-8-7-9-16-24(40-6)28(37)38)14-10-11-17-25(35)34-26(30(3,4)5)27(36)33-20-12-15-23(41-29(32)39)19-18-22(2)31/h10-14,16-18,20,23,26H,7-9,15,19H2,1-6H3,(H2,32,39)(H,33,36)(H,34,35)(H,37,38)/b14-10-,17-11-,20-12-,21-13+,22-18+,24-16+. The molecule has 11 heteroatoms. The van der Waals surface area contributed by atoms with Crippen molar-refractivity contribution in [3.63, 3.8) is 0 Å². The van der Waals surface area contributed by atoms with Gasteiger partial charge in [0, 0.05) is 23.9 Å². The molecule has 0 bridgehead atoms. The maximum Gasteiger partial charge on any atom is 0.404 e. The second kappa shape index (κ2) is 20.1. The van der Waals surface area contributed by atoms with Crippen LogP contribution in [-0.2, 0) is 23.9 Å². The van der Waals surface area contributed by atoms with Crippen molar-refractivity contribution in [2.24, 2.45) is 11.1 Å². The third-order valence-corrected chi connectivity index (χ3v) is 5.61. The van der Waals surface area contributed by atoms with Gasteiger partial charge in [0.15, 0.2) is 5.76 Å². The Balaban J connectivity index is 4.92. The SMILES string of the molecule is CO/C(=C/CCC/C=C(C)/C=C\C=C/C(=O)NC(C(=O)N/C=C\CC(C/C=C(\C)Cl)OC(N)=O)C(C)(C)C)C(=O)O. The summed E-state index contributed by atoms with van der Waals surface area (Å²) in [6.45, 7) is 9.14. The Morgan fingerprint density at radius 1 is 1.00 bits per heavy atom. The van der Waals surface area contributed by atoms with Crippen molar-refractivity contribution in [1.82, 2.24) is 10.6 Å². The Kier molecular flexibility index (Phi) is 18.3. The van der Waals surface area contributed by atoms with E-state index in [4.69, 9.17) is 31.9 Å². The van der Waals surface area contributed by atoms with Gasteiger partial charge in [0.2, 0.25) is 11.8 Å². The van der Waals surface area contributed by atoms with Crippen LogP contribution < -0.4 is 16.4 Å². The van der Waals surface area contributed by atoms with E-state index in [1.54, 1.807) is 37.3 Å². The second-order valence-electron chi connectivity index (χ2n) is 10.2. The summed E-state index contributed by atoms with van der Waals surface area (Å²) >= 11 is 5.83. The third-order valence-electron chi connectivity index (χ3n) is 5.45. The molecule has 0 aromatic rings. The molecule has 0 aliphatic heterocycles. The molecule has 0 aromatic carbocycles. The lowest BCUT2D eigenvalue weighted by molar-refractivity contribution is -0.136. The highest BCUT2D eigenvalue weighted by atomic mass is 35.5. The molecule has 3 amide bonds. The minimum Gasteiger partial charge on any atom is -0.490 e. The van der Waals surface area contributed by atoms with Crippen LogP contribution in [0.15, 0.2) is 71.2 Å². The predicted molar refractivity (Wildman–Crippen MR) is 161 cm³/mol. The first-order chi connectivity index (χ1) is 19.2. The molecule has 0 aromatic heterocycles. The molecule has 10 nitrogen and oxygen atoms in total. The van der Waals surface area contributed by atoms with Crippen molar-refractivity contribution in [2.75, 3.05) is 7.11 Å². The summed E-state index contributed by atoms with van der Waals surface area (Å²) < 4.78 is 9.83. The molecule has 228 valence electrons. The van der Waals surface area contributed by atoms with Crippen molar-refractivity contribution < 1.29 is 33.8 Å². The highest BCUT2D eigenvalue weighted by Gasteiger charge is 2.31. The lowest BCUT2D eigenvalue weighted by Crippen LogP contribution is -2.52. The predicted octanol–water partition coefficient (Wildman–Crippen LogP) is 5.38. The van der Waals surface area contributed by atoms with Crippen molar-refractivity contribution in [1.29, 1.82) is 0 Å². The Hall–Kier alpha value is -3.79. The number of carbonyl (C=O) groups is 4. The molecule has 41 heavy (non-hydrogen) atoms. The summed E-state index contributed by atoms with van der Waals surface area (Å²) in [4.78, 5) is 47.3.